The highest BCUT2D eigenvalue weighted by molar-refractivity contribution is 7.13. The lowest BCUT2D eigenvalue weighted by Gasteiger charge is -2.36. The molecule has 3 atom stereocenters. The fourth-order valence-corrected chi connectivity index (χ4v) is 5.57. The molecule has 200 valence electrons. The van der Waals surface area contributed by atoms with Crippen molar-refractivity contribution in [2.24, 2.45) is 5.41 Å². The number of thiazole rings is 1. The largest absolute Gasteiger partial charge is 0.378 e. The number of benzene rings is 1. The Labute approximate surface area is 222 Å². The third kappa shape index (κ3) is 6.55. The summed E-state index contributed by atoms with van der Waals surface area (Å²) in [6, 6.07) is 6.29. The van der Waals surface area contributed by atoms with Gasteiger partial charge in [0.05, 0.1) is 29.3 Å². The molecule has 3 heterocycles. The van der Waals surface area contributed by atoms with Gasteiger partial charge in [-0.25, -0.2) is 4.98 Å². The number of carbonyl (C=O) groups excluding carboxylic acids is 3. The fraction of sp³-hybridized carbons (Fsp3) is 0.556. The molecule has 0 spiro atoms. The normalized spacial score (nSPS) is 20.9. The first kappa shape index (κ1) is 27.2. The Hall–Kier alpha value is -2.82. The van der Waals surface area contributed by atoms with Crippen LogP contribution in [0.4, 0.5) is 0 Å². The summed E-state index contributed by atoms with van der Waals surface area (Å²) in [5.74, 6) is -0.654. The highest BCUT2D eigenvalue weighted by Crippen LogP contribution is 2.28. The minimum absolute atomic E-state index is 0.172. The summed E-state index contributed by atoms with van der Waals surface area (Å²) in [6.07, 6.45) is 1.35. The van der Waals surface area contributed by atoms with Crippen LogP contribution in [0.2, 0.25) is 0 Å². The fourth-order valence-electron chi connectivity index (χ4n) is 4.75. The van der Waals surface area contributed by atoms with Crippen molar-refractivity contribution in [3.05, 3.63) is 41.0 Å². The maximum atomic E-state index is 13.7. The van der Waals surface area contributed by atoms with Gasteiger partial charge in [-0.3, -0.25) is 14.4 Å². The molecular formula is C27H37N5O4S. The smallest absolute Gasteiger partial charge is 0.246 e. The number of likely N-dealkylation sites (tertiary alicyclic amines) is 1. The maximum Gasteiger partial charge on any atom is 0.246 e. The van der Waals surface area contributed by atoms with Crippen molar-refractivity contribution in [1.29, 1.82) is 0 Å². The van der Waals surface area contributed by atoms with Gasteiger partial charge in [0.25, 0.3) is 0 Å². The first-order valence-corrected chi connectivity index (χ1v) is 13.7. The van der Waals surface area contributed by atoms with Gasteiger partial charge in [0.2, 0.25) is 17.7 Å². The molecule has 10 heteroatoms. The van der Waals surface area contributed by atoms with E-state index in [0.29, 0.717) is 32.7 Å². The Balaban J connectivity index is 1.38. The highest BCUT2D eigenvalue weighted by atomic mass is 32.1. The Morgan fingerprint density at radius 2 is 1.97 bits per heavy atom. The predicted molar refractivity (Wildman–Crippen MR) is 143 cm³/mol. The standard InChI is InChI=1S/C27H37N5O4S/c1-17-22(37-16-30-17)19-9-7-18(8-10-19)14-29-25(34)21-6-5-12-32(21)26(35)23(27(2,3)4)31-24(33)20-15-36-13-11-28-20/h7-10,16,20-21,23,28H,5-6,11-15H2,1-4H3,(H,29,34)(H,31,33). The van der Waals surface area contributed by atoms with Gasteiger partial charge >= 0.3 is 0 Å². The molecule has 2 saturated heterocycles. The van der Waals surface area contributed by atoms with Crippen LogP contribution in [0, 0.1) is 12.3 Å². The maximum absolute atomic E-state index is 13.7. The SMILES string of the molecule is Cc1ncsc1-c1ccc(CNC(=O)C2CCCN2C(=O)C(NC(=O)C2COCCN2)C(C)(C)C)cc1. The number of hydrogen-bond donors (Lipinski definition) is 3. The van der Waals surface area contributed by atoms with Gasteiger partial charge in [0.15, 0.2) is 0 Å². The number of hydrogen-bond acceptors (Lipinski definition) is 7. The monoisotopic (exact) mass is 527 g/mol. The van der Waals surface area contributed by atoms with Crippen molar-refractivity contribution in [1.82, 2.24) is 25.8 Å². The van der Waals surface area contributed by atoms with E-state index < -0.39 is 23.5 Å². The van der Waals surface area contributed by atoms with Crippen LogP contribution in [0.3, 0.4) is 0 Å². The number of aryl methyl sites for hydroxylation is 1. The second-order valence-electron chi connectivity index (χ2n) is 10.8. The molecule has 0 saturated carbocycles. The minimum atomic E-state index is -0.750. The molecule has 2 aliphatic heterocycles. The molecule has 1 aromatic carbocycles. The van der Waals surface area contributed by atoms with Gasteiger partial charge in [-0.15, -0.1) is 11.3 Å². The number of nitrogens with one attached hydrogen (secondary N) is 3. The third-order valence-corrected chi connectivity index (χ3v) is 7.88. The van der Waals surface area contributed by atoms with Crippen molar-refractivity contribution in [2.75, 3.05) is 26.3 Å². The van der Waals surface area contributed by atoms with Crippen LogP contribution in [0.15, 0.2) is 29.8 Å². The average molecular weight is 528 g/mol. The van der Waals surface area contributed by atoms with Gasteiger partial charge in [0.1, 0.15) is 18.1 Å². The summed E-state index contributed by atoms with van der Waals surface area (Å²) >= 11 is 1.61. The van der Waals surface area contributed by atoms with Gasteiger partial charge in [-0.2, -0.15) is 0 Å². The highest BCUT2D eigenvalue weighted by Gasteiger charge is 2.42. The molecule has 3 N–H and O–H groups in total. The summed E-state index contributed by atoms with van der Waals surface area (Å²) in [6.45, 7) is 10.1. The molecule has 2 aliphatic rings. The van der Waals surface area contributed by atoms with Crippen molar-refractivity contribution < 1.29 is 19.1 Å². The second-order valence-corrected chi connectivity index (χ2v) is 11.6. The molecular weight excluding hydrogens is 490 g/mol. The van der Waals surface area contributed by atoms with E-state index >= 15 is 0 Å². The molecule has 9 nitrogen and oxygen atoms in total. The lowest BCUT2D eigenvalue weighted by Crippen LogP contribution is -2.61. The Kier molecular flexibility index (Phi) is 8.61. The average Bonchev–Trinajstić information content (AvgIpc) is 3.55. The van der Waals surface area contributed by atoms with Crippen LogP contribution in [-0.4, -0.2) is 72.0 Å². The molecule has 37 heavy (non-hydrogen) atoms. The topological polar surface area (TPSA) is 113 Å². The van der Waals surface area contributed by atoms with E-state index in [4.69, 9.17) is 4.74 Å². The first-order chi connectivity index (χ1) is 17.6. The predicted octanol–water partition coefficient (Wildman–Crippen LogP) is 2.25. The van der Waals surface area contributed by atoms with Crippen LogP contribution in [0.25, 0.3) is 10.4 Å². The van der Waals surface area contributed by atoms with E-state index in [2.05, 4.69) is 20.9 Å². The summed E-state index contributed by atoms with van der Waals surface area (Å²) in [5, 5.41) is 9.07. The molecule has 3 amide bonds. The van der Waals surface area contributed by atoms with E-state index in [1.807, 2.05) is 57.5 Å². The Morgan fingerprint density at radius 3 is 2.59 bits per heavy atom. The van der Waals surface area contributed by atoms with E-state index in [1.54, 1.807) is 16.2 Å². The summed E-state index contributed by atoms with van der Waals surface area (Å²) in [7, 11) is 0. The number of aromatic nitrogens is 1. The van der Waals surface area contributed by atoms with Gasteiger partial charge < -0.3 is 25.6 Å². The summed E-state index contributed by atoms with van der Waals surface area (Å²) < 4.78 is 5.40. The zero-order chi connectivity index (χ0) is 26.6. The number of nitrogens with zero attached hydrogens (tertiary/aromatic N) is 2. The molecule has 0 radical (unpaired) electrons. The Bertz CT molecular complexity index is 1100. The van der Waals surface area contributed by atoms with Crippen LogP contribution in [0.1, 0.15) is 44.9 Å². The minimum Gasteiger partial charge on any atom is -0.378 e. The molecule has 2 fully saturated rings. The lowest BCUT2D eigenvalue weighted by atomic mass is 9.85. The molecule has 2 aromatic rings. The molecule has 1 aromatic heterocycles. The van der Waals surface area contributed by atoms with Crippen LogP contribution < -0.4 is 16.0 Å². The molecule has 0 bridgehead atoms. The van der Waals surface area contributed by atoms with E-state index in [1.165, 1.54) is 0 Å². The van der Waals surface area contributed by atoms with Crippen LogP contribution in [0.5, 0.6) is 0 Å². The molecule has 3 unspecified atom stereocenters. The lowest BCUT2D eigenvalue weighted by molar-refractivity contribution is -0.144. The third-order valence-electron chi connectivity index (χ3n) is 6.90. The van der Waals surface area contributed by atoms with Crippen molar-refractivity contribution in [2.45, 2.75) is 65.2 Å². The molecule has 0 aliphatic carbocycles. The van der Waals surface area contributed by atoms with E-state index in [0.717, 1.165) is 28.1 Å². The molecule has 4 rings (SSSR count). The zero-order valence-electron chi connectivity index (χ0n) is 22.0. The number of carbonyl (C=O) groups is 3. The number of ether oxygens (including phenoxy) is 1. The summed E-state index contributed by atoms with van der Waals surface area (Å²) in [5.41, 5.74) is 4.41. The van der Waals surface area contributed by atoms with Gasteiger partial charge in [-0.1, -0.05) is 45.0 Å². The van der Waals surface area contributed by atoms with Gasteiger partial charge in [0, 0.05) is 19.6 Å². The zero-order valence-corrected chi connectivity index (χ0v) is 22.8. The summed E-state index contributed by atoms with van der Waals surface area (Å²) in [4.78, 5) is 46.7. The van der Waals surface area contributed by atoms with E-state index in [9.17, 15) is 14.4 Å². The van der Waals surface area contributed by atoms with Crippen LogP contribution >= 0.6 is 11.3 Å². The number of amides is 3. The number of morpholine rings is 1. The number of rotatable bonds is 7. The van der Waals surface area contributed by atoms with Gasteiger partial charge in [-0.05, 0) is 36.3 Å². The quantitative estimate of drug-likeness (QED) is 0.509. The van der Waals surface area contributed by atoms with Crippen LogP contribution in [-0.2, 0) is 25.7 Å². The van der Waals surface area contributed by atoms with E-state index in [-0.39, 0.29) is 24.3 Å². The second kappa shape index (κ2) is 11.7. The first-order valence-electron chi connectivity index (χ1n) is 12.8. The van der Waals surface area contributed by atoms with Crippen molar-refractivity contribution in [3.8, 4) is 10.4 Å². The van der Waals surface area contributed by atoms with Crippen molar-refractivity contribution >= 4 is 29.1 Å². The Morgan fingerprint density at radius 1 is 1.22 bits per heavy atom. The van der Waals surface area contributed by atoms with Crippen molar-refractivity contribution in [3.63, 3.8) is 0 Å².